The predicted octanol–water partition coefficient (Wildman–Crippen LogP) is 11.9. The van der Waals surface area contributed by atoms with Gasteiger partial charge in [-0.05, 0) is 79.0 Å². The van der Waals surface area contributed by atoms with Crippen molar-refractivity contribution < 1.29 is 30.5 Å². The Bertz CT molecular complexity index is 3500. The standard InChI is InChI=1S/C44H30O/c1-2-13-29(14-3-1)27-41-33-17-6-8-19-35(33)42(36-20-9-7-18-34(36)41)28-30-25-26-37(32-16-5-4-15-31(30)32)39-22-12-23-40-38-21-10-11-24-43(38)45-44(39)40/h1-26H,27-28H2/i1D,2D,3D,4D,5D,6D,7D,8D,9D,13D,14D,15D,16D,17D,18D,19D,20D,25D,26D. The average molecular weight is 594 g/mol. The summed E-state index contributed by atoms with van der Waals surface area (Å²) >= 11 is 0. The van der Waals surface area contributed by atoms with Crippen LogP contribution in [0.4, 0.5) is 0 Å². The van der Waals surface area contributed by atoms with Crippen LogP contribution in [0, 0.1) is 0 Å². The topological polar surface area (TPSA) is 13.1 Å². The molecule has 1 nitrogen and oxygen atoms in total. The Balaban J connectivity index is 1.46. The fourth-order valence-electron chi connectivity index (χ4n) is 6.12. The molecule has 0 bridgehead atoms. The molecule has 1 heteroatoms. The molecule has 212 valence electrons. The van der Waals surface area contributed by atoms with Gasteiger partial charge in [-0.1, -0.05) is 151 Å². The summed E-state index contributed by atoms with van der Waals surface area (Å²) in [7, 11) is 0. The highest BCUT2D eigenvalue weighted by Gasteiger charge is 2.18. The SMILES string of the molecule is [2H]c1c([2H])c([2H])c(Cc2c3c([2H])c([2H])c([2H])c([2H])c3c(Cc3c([2H])c([2H])c(-c4cccc5c4oc4ccccc45)c4c([2H])c([2H])c([2H])c([2H])c34)c3c([2H])c([2H])c([2H])c([2H])c23)c([2H])c1[2H]. The van der Waals surface area contributed by atoms with Gasteiger partial charge in [0.05, 0.1) is 26.0 Å². The van der Waals surface area contributed by atoms with Gasteiger partial charge in [0, 0.05) is 16.3 Å². The summed E-state index contributed by atoms with van der Waals surface area (Å²) in [6.45, 7) is 0. The van der Waals surface area contributed by atoms with Gasteiger partial charge in [-0.3, -0.25) is 0 Å². The van der Waals surface area contributed by atoms with Gasteiger partial charge in [-0.2, -0.15) is 0 Å². The maximum absolute atomic E-state index is 9.61. The summed E-state index contributed by atoms with van der Waals surface area (Å²) in [5, 5.41) is -0.218. The summed E-state index contributed by atoms with van der Waals surface area (Å²) < 4.78 is 176. The van der Waals surface area contributed by atoms with Crippen molar-refractivity contribution in [3.8, 4) is 11.1 Å². The zero-order valence-corrected chi connectivity index (χ0v) is 23.4. The molecule has 9 aromatic rings. The van der Waals surface area contributed by atoms with Crippen LogP contribution in [0.5, 0.6) is 0 Å². The number of fused-ring (bicyclic) bond motifs is 6. The van der Waals surface area contributed by atoms with Gasteiger partial charge in [0.15, 0.2) is 0 Å². The van der Waals surface area contributed by atoms with Gasteiger partial charge in [-0.15, -0.1) is 0 Å². The van der Waals surface area contributed by atoms with E-state index in [2.05, 4.69) is 0 Å². The Morgan fingerprint density at radius 3 is 1.71 bits per heavy atom. The summed E-state index contributed by atoms with van der Waals surface area (Å²) in [4.78, 5) is 0. The lowest BCUT2D eigenvalue weighted by Gasteiger charge is -2.18. The lowest BCUT2D eigenvalue weighted by molar-refractivity contribution is 0.670. The zero-order chi connectivity index (χ0) is 46.3. The van der Waals surface area contributed by atoms with Gasteiger partial charge in [0.25, 0.3) is 0 Å². The van der Waals surface area contributed by atoms with Gasteiger partial charge in [0.2, 0.25) is 0 Å². The van der Waals surface area contributed by atoms with Crippen LogP contribution in [-0.4, -0.2) is 0 Å². The predicted molar refractivity (Wildman–Crippen MR) is 190 cm³/mol. The molecule has 0 saturated heterocycles. The first-order valence-electron chi connectivity index (χ1n) is 23.6. The van der Waals surface area contributed by atoms with E-state index in [1.165, 1.54) is 0 Å². The van der Waals surface area contributed by atoms with E-state index in [1.54, 1.807) is 30.3 Å². The monoisotopic (exact) mass is 593 g/mol. The van der Waals surface area contributed by atoms with Crippen LogP contribution < -0.4 is 0 Å². The Morgan fingerprint density at radius 1 is 0.422 bits per heavy atom. The molecule has 0 N–H and O–H groups in total. The molecule has 1 aromatic heterocycles. The van der Waals surface area contributed by atoms with Crippen LogP contribution >= 0.6 is 0 Å². The van der Waals surface area contributed by atoms with Crippen LogP contribution in [0.1, 0.15) is 48.3 Å². The number of hydrogen-bond donors (Lipinski definition) is 0. The molecule has 1 heterocycles. The Kier molecular flexibility index (Phi) is 3.07. The highest BCUT2D eigenvalue weighted by molar-refractivity contribution is 6.13. The summed E-state index contributed by atoms with van der Waals surface area (Å²) in [5.74, 6) is 0. The van der Waals surface area contributed by atoms with Crippen LogP contribution in [0.25, 0.3) is 65.4 Å². The highest BCUT2D eigenvalue weighted by Crippen LogP contribution is 2.41. The van der Waals surface area contributed by atoms with Gasteiger partial charge >= 0.3 is 0 Å². The molecule has 8 aromatic carbocycles. The van der Waals surface area contributed by atoms with Crippen molar-refractivity contribution in [3.05, 3.63) is 180 Å². The largest absolute Gasteiger partial charge is 0.455 e. The van der Waals surface area contributed by atoms with E-state index in [0.717, 1.165) is 5.39 Å². The minimum atomic E-state index is -0.749. The maximum Gasteiger partial charge on any atom is 0.143 e. The van der Waals surface area contributed by atoms with Gasteiger partial charge in [-0.25, -0.2) is 0 Å². The minimum Gasteiger partial charge on any atom is -0.455 e. The second kappa shape index (κ2) is 10.5. The average Bonchev–Trinajstić information content (AvgIpc) is 3.67. The third kappa shape index (κ3) is 4.24. The number of hydrogen-bond acceptors (Lipinski definition) is 1. The Hall–Kier alpha value is -5.66. The van der Waals surface area contributed by atoms with E-state index in [9.17, 15) is 11.0 Å². The molecule has 45 heavy (non-hydrogen) atoms. The third-order valence-electron chi connectivity index (χ3n) is 8.09. The summed E-state index contributed by atoms with van der Waals surface area (Å²) in [6, 6.07) is -0.328. The number of benzene rings is 8. The fraction of sp³-hybridized carbons (Fsp3) is 0.0455. The smallest absolute Gasteiger partial charge is 0.143 e. The first-order chi connectivity index (χ1) is 30.2. The Morgan fingerprint density at radius 2 is 1.00 bits per heavy atom. The second-order valence-corrected chi connectivity index (χ2v) is 10.5. The first kappa shape index (κ1) is 13.1. The molecule has 0 atom stereocenters. The van der Waals surface area contributed by atoms with Gasteiger partial charge in [0.1, 0.15) is 11.2 Å². The van der Waals surface area contributed by atoms with Crippen LogP contribution in [0.3, 0.4) is 0 Å². The van der Waals surface area contributed by atoms with Gasteiger partial charge < -0.3 is 4.42 Å². The maximum atomic E-state index is 9.61. The number of furan rings is 1. The number of para-hydroxylation sites is 2. The first-order valence-corrected chi connectivity index (χ1v) is 14.1. The molecular weight excluding hydrogens is 544 g/mol. The highest BCUT2D eigenvalue weighted by atomic mass is 16.3. The molecule has 0 fully saturated rings. The van der Waals surface area contributed by atoms with E-state index in [4.69, 9.17) is 19.5 Å². The molecule has 0 aliphatic carbocycles. The quantitative estimate of drug-likeness (QED) is 0.181. The molecule has 0 aliphatic heterocycles. The van der Waals surface area contributed by atoms with Crippen LogP contribution in [-0.2, 0) is 12.8 Å². The summed E-state index contributed by atoms with van der Waals surface area (Å²) in [6.07, 6.45) is -1.31. The Labute approximate surface area is 288 Å². The lowest BCUT2D eigenvalue weighted by Crippen LogP contribution is -1.99. The molecular formula is C44H30O. The van der Waals surface area contributed by atoms with E-state index in [-0.39, 0.29) is 71.3 Å². The van der Waals surface area contributed by atoms with E-state index < -0.39 is 128 Å². The molecule has 0 saturated carbocycles. The fourth-order valence-corrected chi connectivity index (χ4v) is 6.12. The molecule has 0 spiro atoms. The van der Waals surface area contributed by atoms with E-state index >= 15 is 0 Å². The van der Waals surface area contributed by atoms with Crippen molar-refractivity contribution in [2.75, 3.05) is 0 Å². The molecule has 0 aliphatic rings. The molecule has 9 rings (SSSR count). The molecule has 0 radical (unpaired) electrons. The van der Waals surface area contributed by atoms with Crippen molar-refractivity contribution in [3.63, 3.8) is 0 Å². The zero-order valence-electron chi connectivity index (χ0n) is 42.4. The van der Waals surface area contributed by atoms with Crippen molar-refractivity contribution in [2.24, 2.45) is 0 Å². The van der Waals surface area contributed by atoms with E-state index in [0.29, 0.717) is 11.0 Å². The second-order valence-electron chi connectivity index (χ2n) is 10.5. The minimum absolute atomic E-state index is 0.0482. The van der Waals surface area contributed by atoms with Crippen molar-refractivity contribution in [1.82, 2.24) is 0 Å². The van der Waals surface area contributed by atoms with Crippen molar-refractivity contribution in [1.29, 1.82) is 0 Å². The van der Waals surface area contributed by atoms with Crippen LogP contribution in [0.2, 0.25) is 0 Å². The number of rotatable bonds is 5. The third-order valence-corrected chi connectivity index (χ3v) is 8.09. The van der Waals surface area contributed by atoms with Crippen LogP contribution in [0.15, 0.2) is 162 Å². The van der Waals surface area contributed by atoms with Crippen molar-refractivity contribution in [2.45, 2.75) is 12.8 Å². The molecule has 0 amide bonds. The van der Waals surface area contributed by atoms with E-state index in [1.807, 2.05) is 12.1 Å². The van der Waals surface area contributed by atoms with Crippen molar-refractivity contribution >= 4 is 54.3 Å². The lowest BCUT2D eigenvalue weighted by atomic mass is 9.85. The molecule has 0 unspecified atom stereocenters. The summed E-state index contributed by atoms with van der Waals surface area (Å²) in [5.41, 5.74) is 0.0869. The normalized spacial score (nSPS) is 17.6.